The third-order valence-corrected chi connectivity index (χ3v) is 6.37. The van der Waals surface area contributed by atoms with Gasteiger partial charge in [-0.05, 0) is 32.7 Å². The molecule has 1 atom stereocenters. The summed E-state index contributed by atoms with van der Waals surface area (Å²) in [5.74, 6) is 0. The van der Waals surface area contributed by atoms with Gasteiger partial charge in [-0.25, -0.2) is 13.4 Å². The van der Waals surface area contributed by atoms with E-state index in [1.807, 2.05) is 12.3 Å². The van der Waals surface area contributed by atoms with Crippen LogP contribution in [0.2, 0.25) is 0 Å². The van der Waals surface area contributed by atoms with Crippen LogP contribution in [0.5, 0.6) is 0 Å². The SMILES string of the molecule is CCCNC(C)c1csc(NS(=O)(=O)C2CCCC2)n1. The molecular weight excluding hydrogens is 294 g/mol. The van der Waals surface area contributed by atoms with E-state index in [1.54, 1.807) is 0 Å². The molecule has 1 unspecified atom stereocenters. The lowest BCUT2D eigenvalue weighted by atomic mass is 10.2. The Kier molecular flexibility index (Phi) is 5.40. The first-order valence-corrected chi connectivity index (χ1v) is 9.66. The Bertz CT molecular complexity index is 521. The van der Waals surface area contributed by atoms with Crippen molar-refractivity contribution < 1.29 is 8.42 Å². The van der Waals surface area contributed by atoms with Gasteiger partial charge in [-0.1, -0.05) is 19.8 Å². The molecule has 20 heavy (non-hydrogen) atoms. The van der Waals surface area contributed by atoms with Gasteiger partial charge in [0.2, 0.25) is 10.0 Å². The smallest absolute Gasteiger partial charge is 0.237 e. The van der Waals surface area contributed by atoms with Gasteiger partial charge in [-0.2, -0.15) is 0 Å². The lowest BCUT2D eigenvalue weighted by molar-refractivity contribution is 0.561. The highest BCUT2D eigenvalue weighted by Gasteiger charge is 2.29. The molecule has 114 valence electrons. The van der Waals surface area contributed by atoms with Crippen LogP contribution in [0.25, 0.3) is 0 Å². The maximum Gasteiger partial charge on any atom is 0.237 e. The fourth-order valence-corrected chi connectivity index (χ4v) is 5.00. The third-order valence-electron chi connectivity index (χ3n) is 3.64. The molecule has 0 spiro atoms. The molecule has 0 aromatic carbocycles. The summed E-state index contributed by atoms with van der Waals surface area (Å²) < 4.78 is 27.0. The van der Waals surface area contributed by atoms with Crippen molar-refractivity contribution in [1.82, 2.24) is 10.3 Å². The average molecular weight is 317 g/mol. The van der Waals surface area contributed by atoms with Gasteiger partial charge in [0.25, 0.3) is 0 Å². The van der Waals surface area contributed by atoms with Crippen LogP contribution < -0.4 is 10.0 Å². The predicted octanol–water partition coefficient (Wildman–Crippen LogP) is 2.89. The van der Waals surface area contributed by atoms with E-state index in [-0.39, 0.29) is 11.3 Å². The fraction of sp³-hybridized carbons (Fsp3) is 0.769. The van der Waals surface area contributed by atoms with E-state index in [0.29, 0.717) is 5.13 Å². The zero-order valence-corrected chi connectivity index (χ0v) is 13.7. The van der Waals surface area contributed by atoms with Gasteiger partial charge in [-0.15, -0.1) is 11.3 Å². The molecular formula is C13H23N3O2S2. The highest BCUT2D eigenvalue weighted by molar-refractivity contribution is 7.93. The fourth-order valence-electron chi connectivity index (χ4n) is 2.40. The van der Waals surface area contributed by atoms with E-state index >= 15 is 0 Å². The molecule has 0 amide bonds. The predicted molar refractivity (Wildman–Crippen MR) is 83.6 cm³/mol. The summed E-state index contributed by atoms with van der Waals surface area (Å²) in [7, 11) is -3.26. The van der Waals surface area contributed by atoms with Crippen LogP contribution >= 0.6 is 11.3 Å². The standard InChI is InChI=1S/C13H23N3O2S2/c1-3-8-14-10(2)12-9-19-13(15-12)16-20(17,18)11-6-4-5-7-11/h9-11,14H,3-8H2,1-2H3,(H,15,16). The number of rotatable bonds is 7. The summed E-state index contributed by atoms with van der Waals surface area (Å²) in [5.41, 5.74) is 0.896. The minimum atomic E-state index is -3.26. The van der Waals surface area contributed by atoms with Crippen LogP contribution in [0.4, 0.5) is 5.13 Å². The normalized spacial score (nSPS) is 18.3. The minimum Gasteiger partial charge on any atom is -0.309 e. The molecule has 1 aliphatic carbocycles. The Morgan fingerprint density at radius 2 is 2.15 bits per heavy atom. The zero-order valence-electron chi connectivity index (χ0n) is 12.1. The number of nitrogens with one attached hydrogen (secondary N) is 2. The summed E-state index contributed by atoms with van der Waals surface area (Å²) in [6, 6.07) is 0.149. The van der Waals surface area contributed by atoms with E-state index in [9.17, 15) is 8.42 Å². The van der Waals surface area contributed by atoms with E-state index in [1.165, 1.54) is 11.3 Å². The molecule has 1 aromatic heterocycles. The van der Waals surface area contributed by atoms with Gasteiger partial charge in [-0.3, -0.25) is 4.72 Å². The van der Waals surface area contributed by atoms with E-state index in [2.05, 4.69) is 21.9 Å². The molecule has 0 aliphatic heterocycles. The summed E-state index contributed by atoms with van der Waals surface area (Å²) in [5, 5.41) is 5.50. The van der Waals surface area contributed by atoms with Crippen molar-refractivity contribution in [2.75, 3.05) is 11.3 Å². The van der Waals surface area contributed by atoms with E-state index < -0.39 is 10.0 Å². The summed E-state index contributed by atoms with van der Waals surface area (Å²) in [6.45, 7) is 5.09. The molecule has 7 heteroatoms. The van der Waals surface area contributed by atoms with Gasteiger partial charge >= 0.3 is 0 Å². The molecule has 1 heterocycles. The van der Waals surface area contributed by atoms with Crippen molar-refractivity contribution in [1.29, 1.82) is 0 Å². The number of anilines is 1. The molecule has 0 bridgehead atoms. The second-order valence-electron chi connectivity index (χ2n) is 5.31. The maximum atomic E-state index is 12.2. The summed E-state index contributed by atoms with van der Waals surface area (Å²) in [6.07, 6.45) is 4.61. The second-order valence-corrected chi connectivity index (χ2v) is 8.13. The molecule has 2 rings (SSSR count). The van der Waals surface area contributed by atoms with Gasteiger partial charge in [0, 0.05) is 11.4 Å². The van der Waals surface area contributed by atoms with Crippen molar-refractivity contribution in [3.63, 3.8) is 0 Å². The zero-order chi connectivity index (χ0) is 14.6. The van der Waals surface area contributed by atoms with Gasteiger partial charge in [0.05, 0.1) is 10.9 Å². The number of hydrogen-bond acceptors (Lipinski definition) is 5. The Morgan fingerprint density at radius 1 is 1.45 bits per heavy atom. The molecule has 1 aliphatic rings. The van der Waals surface area contributed by atoms with Crippen LogP contribution in [0.3, 0.4) is 0 Å². The molecule has 1 aromatic rings. The highest BCUT2D eigenvalue weighted by atomic mass is 32.2. The van der Waals surface area contributed by atoms with Crippen molar-refractivity contribution >= 4 is 26.5 Å². The Labute approximate surface area is 125 Å². The van der Waals surface area contributed by atoms with E-state index in [4.69, 9.17) is 0 Å². The van der Waals surface area contributed by atoms with Gasteiger partial charge < -0.3 is 5.32 Å². The van der Waals surface area contributed by atoms with Crippen molar-refractivity contribution in [3.8, 4) is 0 Å². The first-order valence-electron chi connectivity index (χ1n) is 7.23. The van der Waals surface area contributed by atoms with Crippen LogP contribution in [-0.2, 0) is 10.0 Å². The number of thiazole rings is 1. The Hall–Kier alpha value is -0.660. The van der Waals surface area contributed by atoms with Crippen LogP contribution in [0.15, 0.2) is 5.38 Å². The molecule has 5 nitrogen and oxygen atoms in total. The first kappa shape index (κ1) is 15.7. The largest absolute Gasteiger partial charge is 0.309 e. The summed E-state index contributed by atoms with van der Waals surface area (Å²) >= 11 is 1.36. The van der Waals surface area contributed by atoms with Crippen molar-refractivity contribution in [2.24, 2.45) is 0 Å². The average Bonchev–Trinajstić information content (AvgIpc) is 3.06. The van der Waals surface area contributed by atoms with Crippen LogP contribution in [0.1, 0.15) is 57.7 Å². The monoisotopic (exact) mass is 317 g/mol. The van der Waals surface area contributed by atoms with Crippen molar-refractivity contribution in [2.45, 2.75) is 57.2 Å². The van der Waals surface area contributed by atoms with E-state index in [0.717, 1.165) is 44.3 Å². The Morgan fingerprint density at radius 3 is 2.80 bits per heavy atom. The number of sulfonamides is 1. The quantitative estimate of drug-likeness (QED) is 0.811. The maximum absolute atomic E-state index is 12.2. The minimum absolute atomic E-state index is 0.149. The lowest BCUT2D eigenvalue weighted by Crippen LogP contribution is -2.25. The molecule has 1 fully saturated rings. The summed E-state index contributed by atoms with van der Waals surface area (Å²) in [4.78, 5) is 4.39. The second kappa shape index (κ2) is 6.87. The Balaban J connectivity index is 1.98. The third kappa shape index (κ3) is 3.93. The number of aromatic nitrogens is 1. The van der Waals surface area contributed by atoms with Crippen LogP contribution in [0, 0.1) is 0 Å². The van der Waals surface area contributed by atoms with Gasteiger partial charge in [0.15, 0.2) is 5.13 Å². The molecule has 1 saturated carbocycles. The molecule has 0 radical (unpaired) electrons. The molecule has 0 saturated heterocycles. The van der Waals surface area contributed by atoms with Crippen LogP contribution in [-0.4, -0.2) is 25.2 Å². The first-order chi connectivity index (χ1) is 9.53. The molecule has 2 N–H and O–H groups in total. The highest BCUT2D eigenvalue weighted by Crippen LogP contribution is 2.28. The topological polar surface area (TPSA) is 71.1 Å². The van der Waals surface area contributed by atoms with Gasteiger partial charge in [0.1, 0.15) is 0 Å². The number of nitrogens with zero attached hydrogens (tertiary/aromatic N) is 1. The van der Waals surface area contributed by atoms with Crippen molar-refractivity contribution in [3.05, 3.63) is 11.1 Å². The number of hydrogen-bond donors (Lipinski definition) is 2. The lowest BCUT2D eigenvalue weighted by Gasteiger charge is -2.12.